The maximum absolute atomic E-state index is 12.2. The summed E-state index contributed by atoms with van der Waals surface area (Å²) < 4.78 is 27.1. The van der Waals surface area contributed by atoms with Crippen LogP contribution >= 0.6 is 15.4 Å². The number of benzene rings is 1. The number of rotatable bonds is 13. The number of carbonyl (C=O) groups excluding carboxylic acids is 2. The molecule has 31 heavy (non-hydrogen) atoms. The zero-order valence-corrected chi connectivity index (χ0v) is 20.1. The van der Waals surface area contributed by atoms with Crippen LogP contribution in [0.2, 0.25) is 0 Å². The average molecular weight is 478 g/mol. The Balaban J connectivity index is 2.53. The Morgan fingerprint density at radius 1 is 0.806 bits per heavy atom. The van der Waals surface area contributed by atoms with Crippen molar-refractivity contribution in [2.45, 2.75) is 77.0 Å². The lowest BCUT2D eigenvalue weighted by molar-refractivity contribution is -0.120. The summed E-state index contributed by atoms with van der Waals surface area (Å²) in [5, 5.41) is -1.25. The van der Waals surface area contributed by atoms with E-state index in [0.717, 1.165) is 11.1 Å². The lowest BCUT2D eigenvalue weighted by atomic mass is 9.97. The van der Waals surface area contributed by atoms with Crippen molar-refractivity contribution in [3.05, 3.63) is 35.4 Å². The van der Waals surface area contributed by atoms with Gasteiger partial charge in [0.1, 0.15) is 11.6 Å². The van der Waals surface area contributed by atoms with E-state index >= 15 is 0 Å². The zero-order chi connectivity index (χ0) is 24.1. The Morgan fingerprint density at radius 3 is 1.55 bits per heavy atom. The molecule has 0 saturated carbocycles. The highest BCUT2D eigenvalue weighted by molar-refractivity contribution is 7.53. The third kappa shape index (κ3) is 10.8. The molecule has 0 radical (unpaired) electrons. The second-order valence-electron chi connectivity index (χ2n) is 8.95. The van der Waals surface area contributed by atoms with Crippen LogP contribution in [0.15, 0.2) is 24.3 Å². The average Bonchev–Trinajstić information content (AvgIpc) is 2.57. The summed E-state index contributed by atoms with van der Waals surface area (Å²) in [6.45, 7) is 5.89. The van der Waals surface area contributed by atoms with Gasteiger partial charge in [-0.3, -0.25) is 18.7 Å². The molecule has 0 aliphatic heterocycles. The Bertz CT molecular complexity index is 863. The molecular weight excluding hydrogens is 446 g/mol. The van der Waals surface area contributed by atoms with Crippen LogP contribution in [0.3, 0.4) is 0 Å². The van der Waals surface area contributed by atoms with Crippen LogP contribution in [0.25, 0.3) is 0 Å². The molecule has 0 heterocycles. The van der Waals surface area contributed by atoms with Gasteiger partial charge >= 0.3 is 15.4 Å². The lowest BCUT2D eigenvalue weighted by Gasteiger charge is -2.25. The molecule has 0 saturated heterocycles. The van der Waals surface area contributed by atoms with Crippen molar-refractivity contribution in [1.82, 2.24) is 0 Å². The van der Waals surface area contributed by atoms with Crippen molar-refractivity contribution in [2.75, 3.05) is 0 Å². The fraction of sp³-hybridized carbons (Fsp3) is 0.600. The van der Waals surface area contributed by atoms with Crippen LogP contribution in [-0.4, -0.2) is 41.9 Å². The van der Waals surface area contributed by atoms with Gasteiger partial charge in [-0.05, 0) is 51.7 Å². The molecule has 0 aliphatic carbocycles. The molecule has 1 rings (SSSR count). The minimum Gasteiger partial charge on any atom is -0.324 e. The molecule has 1 aromatic carbocycles. The van der Waals surface area contributed by atoms with E-state index in [9.17, 15) is 28.5 Å². The Kier molecular flexibility index (Phi) is 9.55. The van der Waals surface area contributed by atoms with E-state index in [2.05, 4.69) is 4.52 Å². The van der Waals surface area contributed by atoms with Gasteiger partial charge in [0.2, 0.25) is 0 Å². The number of Topliss-reactive ketones (excluding diaryl/α,β-unsaturated/α-hetero) is 2. The van der Waals surface area contributed by atoms with Gasteiger partial charge < -0.3 is 19.6 Å². The minimum absolute atomic E-state index is 0.0603. The second-order valence-corrected chi connectivity index (χ2v) is 12.4. The first kappa shape index (κ1) is 27.9. The second kappa shape index (κ2) is 10.6. The van der Waals surface area contributed by atoms with Crippen molar-refractivity contribution in [1.29, 1.82) is 0 Å². The lowest BCUT2D eigenvalue weighted by Crippen LogP contribution is -2.24. The maximum atomic E-state index is 12.2. The molecule has 0 amide bonds. The standard InChI is InChI=1S/C20H32O9P2/c1-19(2,29-31(26,27)28)11-9-17(21)13-15-5-7-16(8-6-15)14-18(22)10-12-20(3,4)30(23,24)25/h5-8H,9-14H2,1-4H3,(H2,23,24,25)(H2,26,27,28). The van der Waals surface area contributed by atoms with Crippen LogP contribution in [-0.2, 0) is 36.1 Å². The SMILES string of the molecule is CC(C)(CCC(=O)Cc1ccc(CC(=O)CCC(C)(C)P(=O)(O)O)cc1)OP(=O)(O)O. The van der Waals surface area contributed by atoms with Crippen LogP contribution in [0, 0.1) is 0 Å². The van der Waals surface area contributed by atoms with E-state index < -0.39 is 26.2 Å². The summed E-state index contributed by atoms with van der Waals surface area (Å²) in [5.41, 5.74) is 0.358. The molecule has 0 bridgehead atoms. The number of hydrogen-bond donors (Lipinski definition) is 4. The Hall–Kier alpha value is -1.18. The predicted octanol–water partition coefficient (Wildman–Crippen LogP) is 3.31. The topological polar surface area (TPSA) is 158 Å². The van der Waals surface area contributed by atoms with Gasteiger partial charge in [0.15, 0.2) is 0 Å². The molecule has 0 aliphatic rings. The molecule has 0 spiro atoms. The molecule has 11 heteroatoms. The first-order valence-corrected chi connectivity index (χ1v) is 13.0. The van der Waals surface area contributed by atoms with E-state index in [1.807, 2.05) is 0 Å². The first-order valence-electron chi connectivity index (χ1n) is 9.83. The van der Waals surface area contributed by atoms with Gasteiger partial charge in [-0.2, -0.15) is 0 Å². The van der Waals surface area contributed by atoms with Crippen molar-refractivity contribution < 1.29 is 42.8 Å². The van der Waals surface area contributed by atoms with Crippen LogP contribution < -0.4 is 0 Å². The van der Waals surface area contributed by atoms with Crippen molar-refractivity contribution in [3.8, 4) is 0 Å². The van der Waals surface area contributed by atoms with Crippen LogP contribution in [0.5, 0.6) is 0 Å². The summed E-state index contributed by atoms with van der Waals surface area (Å²) in [7, 11) is -8.92. The summed E-state index contributed by atoms with van der Waals surface area (Å²) in [5.74, 6) is -0.233. The van der Waals surface area contributed by atoms with Gasteiger partial charge in [-0.15, -0.1) is 0 Å². The molecule has 0 atom stereocenters. The fourth-order valence-electron chi connectivity index (χ4n) is 2.81. The molecule has 0 unspecified atom stereocenters. The quantitative estimate of drug-likeness (QED) is 0.312. The van der Waals surface area contributed by atoms with E-state index in [0.29, 0.717) is 0 Å². The number of phosphoric acid groups is 1. The van der Waals surface area contributed by atoms with Crippen molar-refractivity contribution in [2.24, 2.45) is 0 Å². The minimum atomic E-state index is -4.63. The smallest absolute Gasteiger partial charge is 0.324 e. The molecule has 0 fully saturated rings. The van der Waals surface area contributed by atoms with Gasteiger partial charge in [0, 0.05) is 25.7 Å². The molecular formula is C20H32O9P2. The molecule has 0 aromatic heterocycles. The third-order valence-electron chi connectivity index (χ3n) is 5.00. The molecule has 9 nitrogen and oxygen atoms in total. The maximum Gasteiger partial charge on any atom is 0.470 e. The molecule has 1 aromatic rings. The number of hydrogen-bond acceptors (Lipinski definition) is 5. The predicted molar refractivity (Wildman–Crippen MR) is 116 cm³/mol. The summed E-state index contributed by atoms with van der Waals surface area (Å²) in [6, 6.07) is 6.93. The summed E-state index contributed by atoms with van der Waals surface area (Å²) >= 11 is 0. The number of phosphoric ester groups is 1. The Morgan fingerprint density at radius 2 is 1.19 bits per heavy atom. The van der Waals surface area contributed by atoms with Crippen LogP contribution in [0.4, 0.5) is 0 Å². The van der Waals surface area contributed by atoms with Gasteiger partial charge in [0.25, 0.3) is 0 Å². The van der Waals surface area contributed by atoms with Gasteiger partial charge in [-0.25, -0.2) is 4.57 Å². The highest BCUT2D eigenvalue weighted by Crippen LogP contribution is 2.52. The van der Waals surface area contributed by atoms with E-state index in [1.165, 1.54) is 27.7 Å². The zero-order valence-electron chi connectivity index (χ0n) is 18.3. The highest BCUT2D eigenvalue weighted by atomic mass is 31.2. The third-order valence-corrected chi connectivity index (χ3v) is 7.53. The summed E-state index contributed by atoms with van der Waals surface area (Å²) in [6.07, 6.45) is 0.697. The largest absolute Gasteiger partial charge is 0.470 e. The van der Waals surface area contributed by atoms with Gasteiger partial charge in [0.05, 0.1) is 10.8 Å². The van der Waals surface area contributed by atoms with E-state index in [4.69, 9.17) is 9.79 Å². The molecule has 4 N–H and O–H groups in total. The van der Waals surface area contributed by atoms with E-state index in [1.54, 1.807) is 24.3 Å². The first-order chi connectivity index (χ1) is 13.9. The monoisotopic (exact) mass is 478 g/mol. The van der Waals surface area contributed by atoms with E-state index in [-0.39, 0.29) is 50.1 Å². The normalized spacial score (nSPS) is 13.3. The van der Waals surface area contributed by atoms with Crippen LogP contribution in [0.1, 0.15) is 64.5 Å². The van der Waals surface area contributed by atoms with Crippen molar-refractivity contribution in [3.63, 3.8) is 0 Å². The van der Waals surface area contributed by atoms with Crippen molar-refractivity contribution >= 4 is 27.0 Å². The highest BCUT2D eigenvalue weighted by Gasteiger charge is 2.37. The fourth-order valence-corrected chi connectivity index (χ4v) is 3.94. The van der Waals surface area contributed by atoms with Gasteiger partial charge in [-0.1, -0.05) is 24.3 Å². The number of carbonyl (C=O) groups is 2. The number of ketones is 2. The summed E-state index contributed by atoms with van der Waals surface area (Å²) in [4.78, 5) is 60.8. The molecule has 176 valence electrons. The Labute approximate surface area is 182 Å².